The Labute approximate surface area is 259 Å². The number of aryl methyl sites for hydroxylation is 1. The van der Waals surface area contributed by atoms with Gasteiger partial charge in [0.15, 0.2) is 0 Å². The highest BCUT2D eigenvalue weighted by Crippen LogP contribution is 2.64. The summed E-state index contributed by atoms with van der Waals surface area (Å²) in [6.07, 6.45) is 1.45. The van der Waals surface area contributed by atoms with Crippen LogP contribution in [0.5, 0.6) is 0 Å². The Morgan fingerprint density at radius 1 is 0.783 bits per heavy atom. The molecule has 2 unspecified atom stereocenters. The van der Waals surface area contributed by atoms with Gasteiger partial charge >= 0.3 is 5.69 Å². The van der Waals surface area contributed by atoms with Crippen molar-refractivity contribution in [1.29, 1.82) is 0 Å². The van der Waals surface area contributed by atoms with Gasteiger partial charge in [-0.25, -0.2) is 4.90 Å². The molecule has 2 bridgehead atoms. The molecule has 3 aliphatic carbocycles. The molecule has 0 saturated carbocycles. The predicted molar refractivity (Wildman–Crippen MR) is 165 cm³/mol. The number of nitrogens with one attached hydrogen (secondary N) is 1. The Balaban J connectivity index is 1.42. The van der Waals surface area contributed by atoms with Gasteiger partial charge in [-0.3, -0.25) is 45.4 Å². The van der Waals surface area contributed by atoms with Crippen molar-refractivity contribution in [3.05, 3.63) is 143 Å². The fourth-order valence-electron chi connectivity index (χ4n) is 7.34. The van der Waals surface area contributed by atoms with E-state index in [0.29, 0.717) is 16.7 Å². The number of rotatable bonds is 7. The number of carbonyl (C=O) groups is 2. The summed E-state index contributed by atoms with van der Waals surface area (Å²) in [6.45, 7) is 1.67. The Bertz CT molecular complexity index is 2030. The largest absolute Gasteiger partial charge is 0.301 e. The van der Waals surface area contributed by atoms with Crippen molar-refractivity contribution in [1.82, 2.24) is 0 Å². The zero-order valence-corrected chi connectivity index (χ0v) is 23.9. The average Bonchev–Trinajstić information content (AvgIpc) is 3.31. The van der Waals surface area contributed by atoms with Crippen LogP contribution in [0.3, 0.4) is 0 Å². The number of nitro groups is 3. The minimum atomic E-state index is -1.36. The van der Waals surface area contributed by atoms with E-state index in [1.807, 2.05) is 36.4 Å². The van der Waals surface area contributed by atoms with Gasteiger partial charge in [-0.2, -0.15) is 5.10 Å². The first-order valence-corrected chi connectivity index (χ1v) is 14.1. The molecule has 4 aromatic rings. The smallest absolute Gasteiger partial charge is 0.274 e. The first-order chi connectivity index (χ1) is 22.1. The van der Waals surface area contributed by atoms with Crippen molar-refractivity contribution in [3.63, 3.8) is 0 Å². The lowest BCUT2D eigenvalue weighted by Crippen LogP contribution is -2.54. The Morgan fingerprint density at radius 3 is 2.02 bits per heavy atom. The van der Waals surface area contributed by atoms with Gasteiger partial charge in [-0.15, -0.1) is 0 Å². The molecule has 228 valence electrons. The van der Waals surface area contributed by atoms with Crippen molar-refractivity contribution >= 4 is 46.5 Å². The monoisotopic (exact) mass is 618 g/mol. The quantitative estimate of drug-likeness (QED) is 0.123. The first-order valence-electron chi connectivity index (χ1n) is 14.1. The first kappa shape index (κ1) is 28.5. The van der Waals surface area contributed by atoms with Gasteiger partial charge in [-0.1, -0.05) is 54.6 Å². The molecule has 0 aromatic heterocycles. The summed E-state index contributed by atoms with van der Waals surface area (Å²) in [5, 5.41) is 39.4. The summed E-state index contributed by atoms with van der Waals surface area (Å²) >= 11 is 0. The van der Waals surface area contributed by atoms with Crippen LogP contribution in [-0.4, -0.2) is 32.8 Å². The van der Waals surface area contributed by atoms with Crippen LogP contribution in [0.4, 0.5) is 28.4 Å². The summed E-state index contributed by atoms with van der Waals surface area (Å²) in [5.41, 5.74) is 3.14. The number of amides is 2. The van der Waals surface area contributed by atoms with Crippen LogP contribution in [0, 0.1) is 49.1 Å². The third-order valence-corrected chi connectivity index (χ3v) is 9.09. The maximum Gasteiger partial charge on any atom is 0.301 e. The minimum absolute atomic E-state index is 0.126. The van der Waals surface area contributed by atoms with Crippen molar-refractivity contribution in [2.24, 2.45) is 16.9 Å². The molecule has 2 amide bonds. The maximum atomic E-state index is 14.6. The highest BCUT2D eigenvalue weighted by molar-refractivity contribution is 6.25. The predicted octanol–water partition coefficient (Wildman–Crippen LogP) is 5.37. The lowest BCUT2D eigenvalue weighted by molar-refractivity contribution is -0.393. The molecular formula is C32H22N6O8. The van der Waals surface area contributed by atoms with E-state index in [-0.39, 0.29) is 17.1 Å². The van der Waals surface area contributed by atoms with E-state index in [1.165, 1.54) is 18.3 Å². The fourth-order valence-corrected chi connectivity index (χ4v) is 7.34. The third-order valence-electron chi connectivity index (χ3n) is 9.09. The van der Waals surface area contributed by atoms with Crippen LogP contribution in [-0.2, 0) is 15.0 Å². The van der Waals surface area contributed by atoms with E-state index in [2.05, 4.69) is 10.5 Å². The van der Waals surface area contributed by atoms with Crippen molar-refractivity contribution in [2.75, 3.05) is 10.3 Å². The lowest BCUT2D eigenvalue weighted by atomic mass is 9.47. The molecule has 8 rings (SSSR count). The molecule has 14 nitrogen and oxygen atoms in total. The summed E-state index contributed by atoms with van der Waals surface area (Å²) < 4.78 is 0. The average molecular weight is 619 g/mol. The van der Waals surface area contributed by atoms with E-state index in [9.17, 15) is 39.9 Å². The van der Waals surface area contributed by atoms with Crippen LogP contribution in [0.25, 0.3) is 0 Å². The molecule has 14 heteroatoms. The molecule has 46 heavy (non-hydrogen) atoms. The van der Waals surface area contributed by atoms with Gasteiger partial charge < -0.3 is 0 Å². The van der Waals surface area contributed by atoms with Gasteiger partial charge in [0.25, 0.3) is 11.4 Å². The van der Waals surface area contributed by atoms with Crippen molar-refractivity contribution < 1.29 is 24.4 Å². The van der Waals surface area contributed by atoms with E-state index in [4.69, 9.17) is 0 Å². The molecule has 4 aromatic carbocycles. The minimum Gasteiger partial charge on any atom is -0.274 e. The number of anilines is 2. The highest BCUT2D eigenvalue weighted by Gasteiger charge is 2.68. The molecule has 0 radical (unpaired) electrons. The lowest BCUT2D eigenvalue weighted by Gasteiger charge is -2.52. The van der Waals surface area contributed by atoms with Crippen LogP contribution in [0.15, 0.2) is 90.0 Å². The van der Waals surface area contributed by atoms with E-state index in [0.717, 1.165) is 34.2 Å². The number of nitro benzene ring substituents is 3. The number of carbonyl (C=O) groups excluding carboxylic acids is 2. The summed E-state index contributed by atoms with van der Waals surface area (Å²) in [7, 11) is 0. The third kappa shape index (κ3) is 3.86. The highest BCUT2D eigenvalue weighted by atomic mass is 16.6. The topological polar surface area (TPSA) is 191 Å². The maximum absolute atomic E-state index is 14.6. The number of benzene rings is 4. The molecule has 2 atom stereocenters. The summed E-state index contributed by atoms with van der Waals surface area (Å²) in [5.74, 6) is -3.73. The van der Waals surface area contributed by atoms with Crippen LogP contribution in [0.1, 0.15) is 33.7 Å². The number of hydrazone groups is 1. The molecule has 1 saturated heterocycles. The van der Waals surface area contributed by atoms with Crippen molar-refractivity contribution in [2.45, 2.75) is 18.3 Å². The molecule has 1 N–H and O–H groups in total. The molecule has 1 fully saturated rings. The fraction of sp³-hybridized carbons (Fsp3) is 0.156. The van der Waals surface area contributed by atoms with E-state index in [1.54, 1.807) is 25.1 Å². The number of non-ortho nitro benzene ring substituents is 1. The van der Waals surface area contributed by atoms with E-state index < -0.39 is 61.1 Å². The Hall–Kier alpha value is -6.31. The van der Waals surface area contributed by atoms with Gasteiger partial charge in [0.05, 0.1) is 38.1 Å². The van der Waals surface area contributed by atoms with Crippen LogP contribution in [0.2, 0.25) is 0 Å². The molecular weight excluding hydrogens is 596 g/mol. The standard InChI is InChI=1S/C32H22N6O8/c1-17-10-13-24(26(14-17)38(45)46)35-30(39)28-27-19-6-2-4-8-21(19)32(29(28)31(35)40,22-9-5-3-7-20(22)27)16-33-34-23-12-11-18(36(41)42)15-25(23)37(43)44/h2-16,27-29,34H,1H3/b33-16+. The van der Waals surface area contributed by atoms with Gasteiger partial charge in [-0.05, 0) is 46.9 Å². The molecule has 1 heterocycles. The molecule has 1 aliphatic heterocycles. The van der Waals surface area contributed by atoms with Gasteiger partial charge in [0.1, 0.15) is 11.4 Å². The van der Waals surface area contributed by atoms with E-state index >= 15 is 0 Å². The normalized spacial score (nSPS) is 22.4. The molecule has 4 aliphatic rings. The van der Waals surface area contributed by atoms with Crippen LogP contribution >= 0.6 is 0 Å². The van der Waals surface area contributed by atoms with Gasteiger partial charge in [0, 0.05) is 24.3 Å². The number of hydrogen-bond donors (Lipinski definition) is 1. The Morgan fingerprint density at radius 2 is 1.41 bits per heavy atom. The van der Waals surface area contributed by atoms with Gasteiger partial charge in [0.2, 0.25) is 11.8 Å². The SMILES string of the molecule is Cc1ccc(N2C(=O)C3C4c5ccccc5C(/C=N/Nc5ccc([N+](=O)[O-])cc5[N+](=O)[O-])(c5ccccc54)C3C2=O)c([N+](=O)[O-])c1. The number of nitrogens with zero attached hydrogens (tertiary/aromatic N) is 5. The zero-order valence-electron chi connectivity index (χ0n) is 23.9. The zero-order chi connectivity index (χ0) is 32.5. The second-order valence-corrected chi connectivity index (χ2v) is 11.4. The second kappa shape index (κ2) is 10.1. The summed E-state index contributed by atoms with van der Waals surface area (Å²) in [6, 6.07) is 22.0. The number of hydrogen-bond acceptors (Lipinski definition) is 10. The van der Waals surface area contributed by atoms with Crippen LogP contribution < -0.4 is 10.3 Å². The second-order valence-electron chi connectivity index (χ2n) is 11.4. The number of imide groups is 1. The van der Waals surface area contributed by atoms with Crippen molar-refractivity contribution in [3.8, 4) is 0 Å². The Kier molecular flexibility index (Phi) is 6.26. The summed E-state index contributed by atoms with van der Waals surface area (Å²) in [4.78, 5) is 62.7. The molecule has 0 spiro atoms.